The fourth-order valence-electron chi connectivity index (χ4n) is 2.08. The van der Waals surface area contributed by atoms with Crippen LogP contribution in [0.15, 0.2) is 30.6 Å². The number of nitrogens with one attached hydrogen (secondary N) is 1. The standard InChI is InChI=1S/C14H20N4/c1-4-18-12(3)14(10-17-18)11(2)16-9-13-7-5-6-8-15-13/h5-8,10-11,16H,4,9H2,1-3H3. The first-order valence-electron chi connectivity index (χ1n) is 6.38. The second-order valence-electron chi connectivity index (χ2n) is 4.42. The van der Waals surface area contributed by atoms with Gasteiger partial charge in [0.1, 0.15) is 0 Å². The molecule has 0 aliphatic rings. The number of aromatic nitrogens is 3. The first-order chi connectivity index (χ1) is 8.72. The fourth-order valence-corrected chi connectivity index (χ4v) is 2.08. The summed E-state index contributed by atoms with van der Waals surface area (Å²) in [6.07, 6.45) is 3.77. The zero-order valence-electron chi connectivity index (χ0n) is 11.2. The second-order valence-corrected chi connectivity index (χ2v) is 4.42. The van der Waals surface area contributed by atoms with Gasteiger partial charge in [0.25, 0.3) is 0 Å². The molecule has 4 heteroatoms. The highest BCUT2D eigenvalue weighted by Gasteiger charge is 2.12. The van der Waals surface area contributed by atoms with Gasteiger partial charge in [-0.2, -0.15) is 5.10 Å². The minimum Gasteiger partial charge on any atom is -0.304 e. The van der Waals surface area contributed by atoms with Crippen LogP contribution in [-0.2, 0) is 13.1 Å². The summed E-state index contributed by atoms with van der Waals surface area (Å²) in [5.41, 5.74) is 3.55. The summed E-state index contributed by atoms with van der Waals surface area (Å²) < 4.78 is 2.02. The molecule has 0 bridgehead atoms. The van der Waals surface area contributed by atoms with Crippen molar-refractivity contribution in [3.05, 3.63) is 47.5 Å². The van der Waals surface area contributed by atoms with Gasteiger partial charge in [-0.3, -0.25) is 9.67 Å². The van der Waals surface area contributed by atoms with Crippen LogP contribution in [0, 0.1) is 6.92 Å². The Bertz CT molecular complexity index is 490. The normalized spacial score (nSPS) is 12.6. The summed E-state index contributed by atoms with van der Waals surface area (Å²) in [6.45, 7) is 8.07. The minimum absolute atomic E-state index is 0.285. The van der Waals surface area contributed by atoms with Crippen molar-refractivity contribution < 1.29 is 0 Å². The molecule has 0 fully saturated rings. The average molecular weight is 244 g/mol. The van der Waals surface area contributed by atoms with Crippen LogP contribution in [0.4, 0.5) is 0 Å². The SMILES string of the molecule is CCn1ncc(C(C)NCc2ccccn2)c1C. The van der Waals surface area contributed by atoms with Crippen LogP contribution in [0.25, 0.3) is 0 Å². The molecule has 96 valence electrons. The molecule has 4 nitrogen and oxygen atoms in total. The zero-order valence-corrected chi connectivity index (χ0v) is 11.2. The van der Waals surface area contributed by atoms with Gasteiger partial charge in [0, 0.05) is 36.6 Å². The Morgan fingerprint density at radius 3 is 2.83 bits per heavy atom. The molecule has 1 unspecified atom stereocenters. The van der Waals surface area contributed by atoms with E-state index >= 15 is 0 Å². The van der Waals surface area contributed by atoms with Crippen molar-refractivity contribution in [2.45, 2.75) is 39.9 Å². The van der Waals surface area contributed by atoms with Gasteiger partial charge in [0.05, 0.1) is 11.9 Å². The molecule has 18 heavy (non-hydrogen) atoms. The van der Waals surface area contributed by atoms with Gasteiger partial charge in [0.2, 0.25) is 0 Å². The smallest absolute Gasteiger partial charge is 0.0541 e. The predicted molar refractivity (Wildman–Crippen MR) is 72.1 cm³/mol. The highest BCUT2D eigenvalue weighted by atomic mass is 15.3. The van der Waals surface area contributed by atoms with Crippen molar-refractivity contribution in [2.75, 3.05) is 0 Å². The molecule has 0 aliphatic heterocycles. The molecule has 0 saturated heterocycles. The molecule has 0 radical (unpaired) electrons. The van der Waals surface area contributed by atoms with Gasteiger partial charge in [-0.05, 0) is 32.9 Å². The number of nitrogens with zero attached hydrogens (tertiary/aromatic N) is 3. The van der Waals surface area contributed by atoms with Gasteiger partial charge in [-0.1, -0.05) is 6.07 Å². The van der Waals surface area contributed by atoms with Crippen molar-refractivity contribution in [1.82, 2.24) is 20.1 Å². The lowest BCUT2D eigenvalue weighted by atomic mass is 10.1. The van der Waals surface area contributed by atoms with Crippen LogP contribution >= 0.6 is 0 Å². The molecule has 0 aromatic carbocycles. The molecule has 2 aromatic rings. The monoisotopic (exact) mass is 244 g/mol. The van der Waals surface area contributed by atoms with E-state index in [1.54, 1.807) is 0 Å². The van der Waals surface area contributed by atoms with E-state index in [9.17, 15) is 0 Å². The summed E-state index contributed by atoms with van der Waals surface area (Å²) in [4.78, 5) is 4.30. The molecule has 2 heterocycles. The molecular formula is C14H20N4. The van der Waals surface area contributed by atoms with Crippen LogP contribution in [0.2, 0.25) is 0 Å². The topological polar surface area (TPSA) is 42.7 Å². The molecule has 0 saturated carbocycles. The van der Waals surface area contributed by atoms with Crippen molar-refractivity contribution in [1.29, 1.82) is 0 Å². The Morgan fingerprint density at radius 1 is 1.39 bits per heavy atom. The minimum atomic E-state index is 0.285. The Hall–Kier alpha value is -1.68. The van der Waals surface area contributed by atoms with Crippen LogP contribution < -0.4 is 5.32 Å². The molecule has 0 spiro atoms. The molecular weight excluding hydrogens is 224 g/mol. The summed E-state index contributed by atoms with van der Waals surface area (Å²) >= 11 is 0. The third kappa shape index (κ3) is 2.76. The molecule has 2 rings (SSSR count). The number of aryl methyl sites for hydroxylation is 1. The maximum Gasteiger partial charge on any atom is 0.0541 e. The van der Waals surface area contributed by atoms with Gasteiger partial charge in [0.15, 0.2) is 0 Å². The van der Waals surface area contributed by atoms with E-state index in [0.29, 0.717) is 0 Å². The lowest BCUT2D eigenvalue weighted by molar-refractivity contribution is 0.561. The van der Waals surface area contributed by atoms with Crippen LogP contribution in [0.1, 0.15) is 36.8 Å². The van der Waals surface area contributed by atoms with Crippen LogP contribution in [-0.4, -0.2) is 14.8 Å². The quantitative estimate of drug-likeness (QED) is 0.878. The Labute approximate surface area is 108 Å². The fraction of sp³-hybridized carbons (Fsp3) is 0.429. The van der Waals surface area contributed by atoms with Gasteiger partial charge in [-0.15, -0.1) is 0 Å². The number of hydrogen-bond acceptors (Lipinski definition) is 3. The lowest BCUT2D eigenvalue weighted by Crippen LogP contribution is -2.19. The molecule has 0 amide bonds. The molecule has 2 aromatic heterocycles. The Kier molecular flexibility index (Phi) is 4.10. The van der Waals surface area contributed by atoms with E-state index in [0.717, 1.165) is 18.8 Å². The first kappa shape index (κ1) is 12.8. The van der Waals surface area contributed by atoms with Crippen molar-refractivity contribution >= 4 is 0 Å². The van der Waals surface area contributed by atoms with E-state index < -0.39 is 0 Å². The van der Waals surface area contributed by atoms with E-state index in [1.807, 2.05) is 35.3 Å². The van der Waals surface area contributed by atoms with Gasteiger partial charge < -0.3 is 5.32 Å². The summed E-state index contributed by atoms with van der Waals surface area (Å²) in [5.74, 6) is 0. The summed E-state index contributed by atoms with van der Waals surface area (Å²) in [6, 6.07) is 6.26. The third-order valence-corrected chi connectivity index (χ3v) is 3.22. The van der Waals surface area contributed by atoms with Crippen LogP contribution in [0.5, 0.6) is 0 Å². The highest BCUT2D eigenvalue weighted by Crippen LogP contribution is 2.17. The highest BCUT2D eigenvalue weighted by molar-refractivity contribution is 5.20. The Balaban J connectivity index is 1.99. The average Bonchev–Trinajstić information content (AvgIpc) is 2.78. The van der Waals surface area contributed by atoms with Crippen molar-refractivity contribution in [3.63, 3.8) is 0 Å². The van der Waals surface area contributed by atoms with Gasteiger partial charge in [-0.25, -0.2) is 0 Å². The first-order valence-corrected chi connectivity index (χ1v) is 6.38. The predicted octanol–water partition coefficient (Wildman–Crippen LogP) is 2.46. The lowest BCUT2D eigenvalue weighted by Gasteiger charge is -2.13. The maximum atomic E-state index is 4.37. The molecule has 1 N–H and O–H groups in total. The maximum absolute atomic E-state index is 4.37. The number of pyridine rings is 1. The van der Waals surface area contributed by atoms with Crippen molar-refractivity contribution in [3.8, 4) is 0 Å². The Morgan fingerprint density at radius 2 is 2.22 bits per heavy atom. The van der Waals surface area contributed by atoms with E-state index in [4.69, 9.17) is 0 Å². The largest absolute Gasteiger partial charge is 0.304 e. The van der Waals surface area contributed by atoms with Crippen LogP contribution in [0.3, 0.4) is 0 Å². The van der Waals surface area contributed by atoms with E-state index in [2.05, 4.69) is 36.2 Å². The van der Waals surface area contributed by atoms with E-state index in [1.165, 1.54) is 11.3 Å². The molecule has 1 atom stereocenters. The van der Waals surface area contributed by atoms with E-state index in [-0.39, 0.29) is 6.04 Å². The third-order valence-electron chi connectivity index (χ3n) is 3.22. The number of hydrogen-bond donors (Lipinski definition) is 1. The number of rotatable bonds is 5. The molecule has 0 aliphatic carbocycles. The second kappa shape index (κ2) is 5.78. The zero-order chi connectivity index (χ0) is 13.0. The van der Waals surface area contributed by atoms with Gasteiger partial charge >= 0.3 is 0 Å². The van der Waals surface area contributed by atoms with Crippen molar-refractivity contribution in [2.24, 2.45) is 0 Å². The summed E-state index contributed by atoms with van der Waals surface area (Å²) in [5, 5.41) is 7.85. The summed E-state index contributed by atoms with van der Waals surface area (Å²) in [7, 11) is 0.